The Kier molecular flexibility index (Phi) is 10.5. The van der Waals surface area contributed by atoms with E-state index in [2.05, 4.69) is 10.3 Å². The lowest BCUT2D eigenvalue weighted by atomic mass is 9.80. The zero-order valence-corrected chi connectivity index (χ0v) is 29.4. The van der Waals surface area contributed by atoms with E-state index in [1.54, 1.807) is 25.7 Å². The number of benzene rings is 2. The lowest BCUT2D eigenvalue weighted by Gasteiger charge is -2.40. The molecule has 10 nitrogen and oxygen atoms in total. The van der Waals surface area contributed by atoms with Crippen molar-refractivity contribution in [3.63, 3.8) is 0 Å². The third kappa shape index (κ3) is 7.11. The zero-order chi connectivity index (χ0) is 35.6. The van der Waals surface area contributed by atoms with Crippen molar-refractivity contribution in [1.29, 1.82) is 0 Å². The van der Waals surface area contributed by atoms with Gasteiger partial charge in [-0.25, -0.2) is 18.6 Å². The van der Waals surface area contributed by atoms with E-state index < -0.39 is 51.8 Å². The largest absolute Gasteiger partial charge is 0.480 e. The predicted octanol–water partition coefficient (Wildman–Crippen LogP) is 7.19. The average molecular weight is 714 g/mol. The van der Waals surface area contributed by atoms with E-state index in [0.717, 1.165) is 24.8 Å². The maximum absolute atomic E-state index is 16.7. The van der Waals surface area contributed by atoms with Gasteiger partial charge in [-0.3, -0.25) is 4.79 Å². The molecule has 13 heteroatoms. The molecule has 0 spiro atoms. The summed E-state index contributed by atoms with van der Waals surface area (Å²) in [6.45, 7) is 6.48. The lowest BCUT2D eigenvalue weighted by Crippen LogP contribution is -2.53. The van der Waals surface area contributed by atoms with Crippen LogP contribution in [0.4, 0.5) is 13.6 Å². The van der Waals surface area contributed by atoms with Crippen molar-refractivity contribution in [3.8, 4) is 22.8 Å². The Morgan fingerprint density at radius 2 is 1.88 bits per heavy atom. The van der Waals surface area contributed by atoms with Crippen LogP contribution < -0.4 is 14.8 Å². The van der Waals surface area contributed by atoms with Crippen molar-refractivity contribution in [2.75, 3.05) is 33.4 Å². The highest BCUT2D eigenvalue weighted by atomic mass is 35.5. The van der Waals surface area contributed by atoms with Crippen LogP contribution in [0.25, 0.3) is 11.1 Å². The standard InChI is InChI=1S/C37H42ClF2N3O7/c1-36(2,3)50-35(45)43-15-10-13-27(43)37(22-11-6-5-7-12-22)20-23-26(49-37)19-25(39)31(38)29(23)30-24(33(44)41-4)21-42-34(32(30)40)48-18-17-47-28-14-8-9-16-46-28/h5-7,11-12,19,21,27-28H,8-10,13-18,20H2,1-4H3,(H,41,44)/t27-,28?,37-/m0/s1. The maximum Gasteiger partial charge on any atom is 0.410 e. The number of carbonyl (C=O) groups excluding carboxylic acids is 2. The molecule has 3 aliphatic heterocycles. The molecule has 50 heavy (non-hydrogen) atoms. The molecule has 2 fully saturated rings. The summed E-state index contributed by atoms with van der Waals surface area (Å²) >= 11 is 6.71. The number of likely N-dealkylation sites (tertiary alicyclic amines) is 1. The SMILES string of the molecule is CNC(=O)c1cnc(OCCOC2CCCCO2)c(F)c1-c1c(Cl)c(F)cc2c1C[C@](c1ccccc1)([C@@H]1CCCN1C(=O)OC(C)(C)C)O2. The van der Waals surface area contributed by atoms with Gasteiger partial charge in [-0.05, 0) is 58.4 Å². The van der Waals surface area contributed by atoms with Gasteiger partial charge in [-0.15, -0.1) is 0 Å². The van der Waals surface area contributed by atoms with E-state index in [-0.39, 0.29) is 48.4 Å². The van der Waals surface area contributed by atoms with Crippen molar-refractivity contribution in [3.05, 3.63) is 75.9 Å². The van der Waals surface area contributed by atoms with Crippen LogP contribution in [-0.2, 0) is 26.2 Å². The Bertz CT molecular complexity index is 1730. The first-order valence-corrected chi connectivity index (χ1v) is 17.3. The molecule has 268 valence electrons. The van der Waals surface area contributed by atoms with E-state index in [4.69, 9.17) is 35.3 Å². The quantitative estimate of drug-likeness (QED) is 0.232. The summed E-state index contributed by atoms with van der Waals surface area (Å²) in [5.74, 6) is -2.82. The number of fused-ring (bicyclic) bond motifs is 1. The fourth-order valence-electron chi connectivity index (χ4n) is 6.99. The molecule has 0 bridgehead atoms. The predicted molar refractivity (Wildman–Crippen MR) is 181 cm³/mol. The van der Waals surface area contributed by atoms with Gasteiger partial charge >= 0.3 is 6.09 Å². The molecule has 4 heterocycles. The van der Waals surface area contributed by atoms with Gasteiger partial charge in [0.05, 0.1) is 23.2 Å². The van der Waals surface area contributed by atoms with Crippen LogP contribution in [0.2, 0.25) is 5.02 Å². The van der Waals surface area contributed by atoms with E-state index >= 15 is 8.78 Å². The topological polar surface area (TPSA) is 108 Å². The van der Waals surface area contributed by atoms with Crippen LogP contribution in [0.15, 0.2) is 42.6 Å². The highest BCUT2D eigenvalue weighted by Crippen LogP contribution is 2.53. The van der Waals surface area contributed by atoms with E-state index in [0.29, 0.717) is 31.6 Å². The molecule has 3 aromatic rings. The summed E-state index contributed by atoms with van der Waals surface area (Å²) in [7, 11) is 1.39. The fourth-order valence-corrected chi connectivity index (χ4v) is 7.26. The minimum atomic E-state index is -1.22. The number of carbonyl (C=O) groups is 2. The molecule has 1 unspecified atom stereocenters. The number of ether oxygens (including phenoxy) is 5. The minimum Gasteiger partial charge on any atom is -0.480 e. The smallest absolute Gasteiger partial charge is 0.410 e. The number of rotatable bonds is 9. The summed E-state index contributed by atoms with van der Waals surface area (Å²) in [6.07, 6.45) is 4.34. The molecular weight excluding hydrogens is 672 g/mol. The number of amides is 2. The first kappa shape index (κ1) is 35.8. The average Bonchev–Trinajstić information content (AvgIpc) is 3.74. The monoisotopic (exact) mass is 713 g/mol. The molecule has 0 radical (unpaired) electrons. The molecule has 1 N–H and O–H groups in total. The number of hydrogen-bond donors (Lipinski definition) is 1. The summed E-state index contributed by atoms with van der Waals surface area (Å²) < 4.78 is 62.0. The van der Waals surface area contributed by atoms with Gasteiger partial charge in [-0.2, -0.15) is 0 Å². The number of halogens is 3. The van der Waals surface area contributed by atoms with Gasteiger partial charge in [0.15, 0.2) is 17.7 Å². The van der Waals surface area contributed by atoms with Crippen molar-refractivity contribution in [2.45, 2.75) is 82.8 Å². The van der Waals surface area contributed by atoms with Crippen LogP contribution in [0.5, 0.6) is 11.6 Å². The summed E-state index contributed by atoms with van der Waals surface area (Å²) in [4.78, 5) is 32.5. The second kappa shape index (κ2) is 14.7. The van der Waals surface area contributed by atoms with Gasteiger partial charge in [0.25, 0.3) is 11.8 Å². The molecule has 3 aliphatic rings. The molecule has 0 aliphatic carbocycles. The molecule has 6 rings (SSSR count). The van der Waals surface area contributed by atoms with Crippen LogP contribution in [0.1, 0.15) is 74.4 Å². The number of pyridine rings is 1. The Hall–Kier alpha value is -4.00. The highest BCUT2D eigenvalue weighted by molar-refractivity contribution is 6.34. The van der Waals surface area contributed by atoms with E-state index in [9.17, 15) is 9.59 Å². The highest BCUT2D eigenvalue weighted by Gasteiger charge is 2.54. The zero-order valence-electron chi connectivity index (χ0n) is 28.7. The van der Waals surface area contributed by atoms with Crippen molar-refractivity contribution in [2.24, 2.45) is 0 Å². The number of nitrogens with one attached hydrogen (secondary N) is 1. The van der Waals surface area contributed by atoms with Gasteiger partial charge in [0.2, 0.25) is 0 Å². The molecule has 3 atom stereocenters. The molecule has 1 aromatic heterocycles. The number of aromatic nitrogens is 1. The third-order valence-corrected chi connectivity index (χ3v) is 9.54. The van der Waals surface area contributed by atoms with Crippen LogP contribution in [0, 0.1) is 11.6 Å². The van der Waals surface area contributed by atoms with Gasteiger partial charge < -0.3 is 33.9 Å². The van der Waals surface area contributed by atoms with Crippen molar-refractivity contribution < 1.29 is 42.1 Å². The molecule has 2 aromatic carbocycles. The summed E-state index contributed by atoms with van der Waals surface area (Å²) in [6, 6.07) is 9.96. The Morgan fingerprint density at radius 3 is 2.58 bits per heavy atom. The Morgan fingerprint density at radius 1 is 1.10 bits per heavy atom. The molecule has 2 saturated heterocycles. The van der Waals surface area contributed by atoms with Crippen LogP contribution in [-0.4, -0.2) is 73.2 Å². The fraction of sp³-hybridized carbons (Fsp3) is 0.486. The second-order valence-electron chi connectivity index (χ2n) is 13.7. The third-order valence-electron chi connectivity index (χ3n) is 9.17. The summed E-state index contributed by atoms with van der Waals surface area (Å²) in [5, 5.41) is 2.11. The Labute approximate surface area is 295 Å². The lowest BCUT2D eigenvalue weighted by molar-refractivity contribution is -0.165. The summed E-state index contributed by atoms with van der Waals surface area (Å²) in [5.41, 5.74) is -1.38. The normalized spacial score (nSPS) is 21.8. The van der Waals surface area contributed by atoms with Gasteiger partial charge in [-0.1, -0.05) is 41.9 Å². The van der Waals surface area contributed by atoms with Crippen LogP contribution >= 0.6 is 11.6 Å². The maximum atomic E-state index is 16.7. The van der Waals surface area contributed by atoms with Gasteiger partial charge in [0.1, 0.15) is 23.8 Å². The van der Waals surface area contributed by atoms with Crippen molar-refractivity contribution in [1.82, 2.24) is 15.2 Å². The number of nitrogens with zero attached hydrogens (tertiary/aromatic N) is 2. The van der Waals surface area contributed by atoms with Gasteiger partial charge in [0, 0.05) is 55.6 Å². The van der Waals surface area contributed by atoms with Crippen molar-refractivity contribution >= 4 is 23.6 Å². The molecular formula is C37H42ClF2N3O7. The second-order valence-corrected chi connectivity index (χ2v) is 14.0. The Balaban J connectivity index is 1.42. The molecule has 2 amide bonds. The minimum absolute atomic E-state index is 0.0556. The first-order valence-electron chi connectivity index (χ1n) is 17.0. The van der Waals surface area contributed by atoms with Crippen LogP contribution in [0.3, 0.4) is 0 Å². The van der Waals surface area contributed by atoms with E-state index in [1.807, 2.05) is 30.3 Å². The first-order chi connectivity index (χ1) is 23.9. The number of hydrogen-bond acceptors (Lipinski definition) is 8. The molecule has 0 saturated carbocycles. The van der Waals surface area contributed by atoms with E-state index in [1.165, 1.54) is 19.3 Å².